The molecule has 0 fully saturated rings. The first-order chi connectivity index (χ1) is 7.08. The third kappa shape index (κ3) is 6.26. The van der Waals surface area contributed by atoms with Crippen LogP contribution in [0.15, 0.2) is 36.0 Å². The quantitative estimate of drug-likeness (QED) is 0.560. The first kappa shape index (κ1) is 12.2. The van der Waals surface area contributed by atoms with E-state index in [1.54, 1.807) is 0 Å². The molecule has 0 heterocycles. The molecular weight excluding hydrogens is 200 g/mol. The van der Waals surface area contributed by atoms with Crippen LogP contribution in [0.5, 0.6) is 0 Å². The van der Waals surface area contributed by atoms with E-state index < -0.39 is 0 Å². The Morgan fingerprint density at radius 2 is 1.87 bits per heavy atom. The van der Waals surface area contributed by atoms with Gasteiger partial charge in [0.05, 0.1) is 15.1 Å². The highest BCUT2D eigenvalue weighted by atomic mass is 28.2. The molecule has 1 aromatic carbocycles. The fourth-order valence-corrected chi connectivity index (χ4v) is 2.52. The zero-order chi connectivity index (χ0) is 11.1. The minimum Gasteiger partial charge on any atom is -0.379 e. The van der Waals surface area contributed by atoms with E-state index in [0.717, 1.165) is 6.23 Å². The molecule has 0 aliphatic heterocycles. The van der Waals surface area contributed by atoms with E-state index in [1.807, 2.05) is 6.07 Å². The number of benzene rings is 1. The largest absolute Gasteiger partial charge is 0.379 e. The molecule has 0 spiro atoms. The van der Waals surface area contributed by atoms with Crippen molar-refractivity contribution < 1.29 is 4.74 Å². The van der Waals surface area contributed by atoms with Gasteiger partial charge >= 0.3 is 0 Å². The Hall–Kier alpha value is -0.863. The fourth-order valence-electron chi connectivity index (χ4n) is 1.22. The van der Waals surface area contributed by atoms with Crippen molar-refractivity contribution in [2.24, 2.45) is 0 Å². The van der Waals surface area contributed by atoms with Crippen molar-refractivity contribution in [2.75, 3.05) is 6.23 Å². The lowest BCUT2D eigenvalue weighted by Crippen LogP contribution is -2.21. The van der Waals surface area contributed by atoms with Gasteiger partial charge in [-0.25, -0.2) is 0 Å². The Bertz CT molecular complexity index is 298. The van der Waals surface area contributed by atoms with Gasteiger partial charge in [-0.15, -0.1) is 0 Å². The average molecular weight is 220 g/mol. The molecule has 0 radical (unpaired) electrons. The highest BCUT2D eigenvalue weighted by Crippen LogP contribution is 2.05. The van der Waals surface area contributed by atoms with Crippen LogP contribution in [0.4, 0.5) is 0 Å². The van der Waals surface area contributed by atoms with E-state index in [0.29, 0.717) is 0 Å². The second-order valence-corrected chi connectivity index (χ2v) is 6.02. The minimum atomic E-state index is -0.215. The van der Waals surface area contributed by atoms with E-state index in [4.69, 9.17) is 4.74 Å². The van der Waals surface area contributed by atoms with Gasteiger partial charge in [0, 0.05) is 6.23 Å². The molecule has 1 aromatic rings. The van der Waals surface area contributed by atoms with Gasteiger partial charge in [0.25, 0.3) is 0 Å². The third-order valence-electron chi connectivity index (χ3n) is 1.93. The molecular formula is C13H20OSi. The van der Waals surface area contributed by atoms with Crippen molar-refractivity contribution in [1.29, 1.82) is 0 Å². The lowest BCUT2D eigenvalue weighted by molar-refractivity contribution is 0.0251. The predicted molar refractivity (Wildman–Crippen MR) is 69.7 cm³/mol. The van der Waals surface area contributed by atoms with Crippen LogP contribution in [-0.4, -0.2) is 21.4 Å². The molecule has 0 aliphatic rings. The van der Waals surface area contributed by atoms with Gasteiger partial charge in [-0.1, -0.05) is 42.1 Å². The van der Waals surface area contributed by atoms with Crippen molar-refractivity contribution in [3.63, 3.8) is 0 Å². The molecule has 0 saturated heterocycles. The zero-order valence-corrected chi connectivity index (χ0v) is 11.3. The lowest BCUT2D eigenvalue weighted by atomic mass is 10.2. The molecule has 82 valence electrons. The summed E-state index contributed by atoms with van der Waals surface area (Å²) in [5.74, 6) is 0. The van der Waals surface area contributed by atoms with E-state index >= 15 is 0 Å². The molecule has 0 aromatic heterocycles. The second kappa shape index (κ2) is 5.88. The second-order valence-electron chi connectivity index (χ2n) is 4.56. The van der Waals surface area contributed by atoms with Crippen LogP contribution in [0.3, 0.4) is 0 Å². The third-order valence-corrected chi connectivity index (χ3v) is 2.94. The highest BCUT2D eigenvalue weighted by molar-refractivity contribution is 6.43. The molecule has 2 heteroatoms. The molecule has 0 N–H and O–H groups in total. The van der Waals surface area contributed by atoms with Crippen molar-refractivity contribution in [3.05, 3.63) is 41.6 Å². The van der Waals surface area contributed by atoms with Crippen LogP contribution in [-0.2, 0) is 4.74 Å². The van der Waals surface area contributed by atoms with Gasteiger partial charge in [-0.05, 0) is 26.3 Å². The topological polar surface area (TPSA) is 9.23 Å². The van der Waals surface area contributed by atoms with E-state index in [1.165, 1.54) is 5.56 Å². The number of hydrogen-bond donors (Lipinski definition) is 0. The SMILES string of the molecule is CC(C)(C)OC[SiH2]C=Cc1ccccc1. The van der Waals surface area contributed by atoms with Gasteiger partial charge in [0.2, 0.25) is 0 Å². The lowest BCUT2D eigenvalue weighted by Gasteiger charge is -2.18. The van der Waals surface area contributed by atoms with Crippen molar-refractivity contribution in [1.82, 2.24) is 0 Å². The predicted octanol–water partition coefficient (Wildman–Crippen LogP) is 2.60. The standard InChI is InChI=1S/C13H20OSi/c1-13(2,3)14-11-15-10-9-12-7-5-4-6-8-12/h4-10H,11,15H2,1-3H3. The van der Waals surface area contributed by atoms with Crippen LogP contribution in [0.1, 0.15) is 26.3 Å². The van der Waals surface area contributed by atoms with Crippen LogP contribution < -0.4 is 0 Å². The maximum atomic E-state index is 5.68. The molecule has 0 amide bonds. The molecule has 0 aliphatic carbocycles. The van der Waals surface area contributed by atoms with E-state index in [-0.39, 0.29) is 15.1 Å². The van der Waals surface area contributed by atoms with Crippen LogP contribution >= 0.6 is 0 Å². The molecule has 15 heavy (non-hydrogen) atoms. The molecule has 0 bridgehead atoms. The zero-order valence-electron chi connectivity index (χ0n) is 9.86. The van der Waals surface area contributed by atoms with Crippen molar-refractivity contribution >= 4 is 15.6 Å². The average Bonchev–Trinajstić information content (AvgIpc) is 2.17. The Labute approximate surface area is 95.0 Å². The Balaban J connectivity index is 2.24. The summed E-state index contributed by atoms with van der Waals surface area (Å²) < 4.78 is 5.68. The summed E-state index contributed by atoms with van der Waals surface area (Å²) in [5.41, 5.74) is 3.58. The minimum absolute atomic E-state index is 0.00753. The summed E-state index contributed by atoms with van der Waals surface area (Å²) in [6, 6.07) is 10.4. The molecule has 1 nitrogen and oxygen atoms in total. The van der Waals surface area contributed by atoms with Crippen LogP contribution in [0.2, 0.25) is 0 Å². The molecule has 1 rings (SSSR count). The molecule has 0 atom stereocenters. The monoisotopic (exact) mass is 220 g/mol. The summed E-state index contributed by atoms with van der Waals surface area (Å²) in [6.45, 7) is 6.30. The summed E-state index contributed by atoms with van der Waals surface area (Å²) in [6.07, 6.45) is 3.12. The Kier molecular flexibility index (Phi) is 4.79. The summed E-state index contributed by atoms with van der Waals surface area (Å²) in [4.78, 5) is 0. The Morgan fingerprint density at radius 3 is 2.47 bits per heavy atom. The maximum absolute atomic E-state index is 5.68. The van der Waals surface area contributed by atoms with E-state index in [9.17, 15) is 0 Å². The number of rotatable bonds is 4. The van der Waals surface area contributed by atoms with Crippen molar-refractivity contribution in [2.45, 2.75) is 26.4 Å². The van der Waals surface area contributed by atoms with E-state index in [2.05, 4.69) is 56.8 Å². The summed E-state index contributed by atoms with van der Waals surface area (Å²) >= 11 is 0. The Morgan fingerprint density at radius 1 is 1.20 bits per heavy atom. The molecule has 0 unspecified atom stereocenters. The van der Waals surface area contributed by atoms with Gasteiger partial charge in [-0.3, -0.25) is 0 Å². The van der Waals surface area contributed by atoms with Gasteiger partial charge in [0.1, 0.15) is 0 Å². The van der Waals surface area contributed by atoms with Crippen LogP contribution in [0.25, 0.3) is 6.08 Å². The normalized spacial score (nSPS) is 13.0. The summed E-state index contributed by atoms with van der Waals surface area (Å²) in [5, 5.41) is 0. The highest BCUT2D eigenvalue weighted by Gasteiger charge is 2.07. The number of hydrogen-bond acceptors (Lipinski definition) is 1. The summed E-state index contributed by atoms with van der Waals surface area (Å²) in [7, 11) is -0.215. The number of ether oxygens (including phenoxy) is 1. The molecule has 0 saturated carbocycles. The first-order valence-electron chi connectivity index (χ1n) is 5.43. The van der Waals surface area contributed by atoms with Gasteiger partial charge in [0.15, 0.2) is 0 Å². The first-order valence-corrected chi connectivity index (χ1v) is 7.25. The maximum Gasteiger partial charge on any atom is 0.0757 e. The smallest absolute Gasteiger partial charge is 0.0757 e. The van der Waals surface area contributed by atoms with Gasteiger partial charge < -0.3 is 4.74 Å². The van der Waals surface area contributed by atoms with Gasteiger partial charge in [-0.2, -0.15) is 0 Å². The van der Waals surface area contributed by atoms with Crippen molar-refractivity contribution in [3.8, 4) is 0 Å². The van der Waals surface area contributed by atoms with Crippen LogP contribution in [0, 0.1) is 0 Å². The fraction of sp³-hybridized carbons (Fsp3) is 0.385.